The first-order chi connectivity index (χ1) is 16.8. The summed E-state index contributed by atoms with van der Waals surface area (Å²) in [7, 11) is -3.87. The molecular weight excluding hydrogens is 495 g/mol. The van der Waals surface area contributed by atoms with Gasteiger partial charge in [0.25, 0.3) is 0 Å². The molecule has 0 unspecified atom stereocenters. The van der Waals surface area contributed by atoms with Crippen LogP contribution in [0.3, 0.4) is 0 Å². The number of alkyl halides is 3. The fraction of sp³-hybridized carbons (Fsp3) is 0.231. The highest BCUT2D eigenvalue weighted by atomic mass is 32.2. The van der Waals surface area contributed by atoms with Crippen molar-refractivity contribution in [1.82, 2.24) is 5.32 Å². The number of carbonyl (C=O) groups excluding carboxylic acids is 1. The molecule has 36 heavy (non-hydrogen) atoms. The molecule has 0 aromatic heterocycles. The smallest absolute Gasteiger partial charge is 0.471 e. The summed E-state index contributed by atoms with van der Waals surface area (Å²) in [5.41, 5.74) is 2.79. The minimum absolute atomic E-state index is 0.00750. The summed E-state index contributed by atoms with van der Waals surface area (Å²) in [5, 5.41) is 11.3. The van der Waals surface area contributed by atoms with Gasteiger partial charge in [-0.3, -0.25) is 4.79 Å². The number of carboxylic acid groups (broad SMARTS) is 1. The second-order valence-electron chi connectivity index (χ2n) is 8.24. The predicted molar refractivity (Wildman–Crippen MR) is 127 cm³/mol. The Morgan fingerprint density at radius 2 is 1.50 bits per heavy atom. The predicted octanol–water partition coefficient (Wildman–Crippen LogP) is 5.06. The van der Waals surface area contributed by atoms with Crippen LogP contribution in [0.25, 0.3) is 11.1 Å². The van der Waals surface area contributed by atoms with Gasteiger partial charge in [-0.1, -0.05) is 43.3 Å². The summed E-state index contributed by atoms with van der Waals surface area (Å²) < 4.78 is 63.4. The summed E-state index contributed by atoms with van der Waals surface area (Å²) >= 11 is 0. The number of nitrogens with one attached hydrogen (secondary N) is 1. The molecule has 0 fully saturated rings. The summed E-state index contributed by atoms with van der Waals surface area (Å²) in [4.78, 5) is 22.6. The summed E-state index contributed by atoms with van der Waals surface area (Å²) in [6.07, 6.45) is -4.40. The number of carboxylic acids is 1. The van der Waals surface area contributed by atoms with Gasteiger partial charge in [0.2, 0.25) is 9.84 Å². The van der Waals surface area contributed by atoms with E-state index >= 15 is 0 Å². The Morgan fingerprint density at radius 3 is 2.00 bits per heavy atom. The highest BCUT2D eigenvalue weighted by Crippen LogP contribution is 2.29. The molecule has 0 aliphatic heterocycles. The number of sulfone groups is 1. The van der Waals surface area contributed by atoms with Crippen molar-refractivity contribution in [2.75, 3.05) is 0 Å². The van der Waals surface area contributed by atoms with Crippen molar-refractivity contribution in [2.24, 2.45) is 0 Å². The fourth-order valence-electron chi connectivity index (χ4n) is 3.90. The van der Waals surface area contributed by atoms with Gasteiger partial charge in [0.05, 0.1) is 15.4 Å². The van der Waals surface area contributed by atoms with Crippen LogP contribution in [0.4, 0.5) is 13.2 Å². The van der Waals surface area contributed by atoms with Crippen molar-refractivity contribution >= 4 is 21.7 Å². The van der Waals surface area contributed by atoms with Crippen molar-refractivity contribution in [1.29, 1.82) is 0 Å². The van der Waals surface area contributed by atoms with Gasteiger partial charge in [0.1, 0.15) is 0 Å². The van der Waals surface area contributed by atoms with Crippen LogP contribution in [0, 0.1) is 0 Å². The molecule has 0 aliphatic carbocycles. The van der Waals surface area contributed by atoms with E-state index in [0.29, 0.717) is 28.7 Å². The average Bonchev–Trinajstić information content (AvgIpc) is 2.83. The Kier molecular flexibility index (Phi) is 7.88. The van der Waals surface area contributed by atoms with E-state index in [1.54, 1.807) is 24.3 Å². The van der Waals surface area contributed by atoms with Crippen LogP contribution >= 0.6 is 0 Å². The number of rotatable bonds is 8. The molecule has 0 bridgehead atoms. The van der Waals surface area contributed by atoms with E-state index in [4.69, 9.17) is 0 Å². The molecular formula is C26H24F3NO5S. The molecule has 0 spiro atoms. The molecule has 190 valence electrons. The van der Waals surface area contributed by atoms with E-state index < -0.39 is 33.9 Å². The Labute approximate surface area is 206 Å². The standard InChI is InChI=1S/C26H24F3NO5S/c1-3-21-22(5-4-6-23(21)24(31)32)18-9-13-20(14-10-18)36(34,35)19-11-7-17(8-12-19)15-16(2)30-25(33)26(27,28)29/h4-14,16H,3,15H2,1-2H3,(H,30,33)(H,31,32)/t16-/m1/s1. The zero-order valence-electron chi connectivity index (χ0n) is 19.5. The molecule has 0 heterocycles. The number of aromatic carboxylic acids is 1. The summed E-state index contributed by atoms with van der Waals surface area (Å²) in [6.45, 7) is 3.27. The normalized spacial score (nSPS) is 12.7. The third kappa shape index (κ3) is 5.93. The van der Waals surface area contributed by atoms with Gasteiger partial charge in [-0.25, -0.2) is 13.2 Å². The molecule has 1 atom stereocenters. The van der Waals surface area contributed by atoms with Crippen molar-refractivity contribution < 1.29 is 36.3 Å². The van der Waals surface area contributed by atoms with E-state index in [9.17, 15) is 36.3 Å². The van der Waals surface area contributed by atoms with Crippen molar-refractivity contribution in [3.05, 3.63) is 83.4 Å². The van der Waals surface area contributed by atoms with E-state index in [2.05, 4.69) is 0 Å². The van der Waals surface area contributed by atoms with Gasteiger partial charge in [0, 0.05) is 6.04 Å². The van der Waals surface area contributed by atoms with Gasteiger partial charge >= 0.3 is 18.1 Å². The molecule has 3 aromatic carbocycles. The Hall–Kier alpha value is -3.66. The Balaban J connectivity index is 1.79. The molecule has 0 saturated carbocycles. The molecule has 0 radical (unpaired) electrons. The average molecular weight is 520 g/mol. The number of benzene rings is 3. The van der Waals surface area contributed by atoms with Crippen molar-refractivity contribution in [2.45, 2.75) is 48.7 Å². The minimum Gasteiger partial charge on any atom is -0.478 e. The monoisotopic (exact) mass is 519 g/mol. The molecule has 10 heteroatoms. The minimum atomic E-state index is -4.97. The molecule has 0 aliphatic rings. The lowest BCUT2D eigenvalue weighted by Gasteiger charge is -2.15. The van der Waals surface area contributed by atoms with E-state index in [-0.39, 0.29) is 21.8 Å². The summed E-state index contributed by atoms with van der Waals surface area (Å²) in [5.74, 6) is -3.06. The number of hydrogen-bond acceptors (Lipinski definition) is 4. The number of halogens is 3. The molecule has 3 aromatic rings. The lowest BCUT2D eigenvalue weighted by molar-refractivity contribution is -0.174. The maximum absolute atomic E-state index is 13.1. The Bertz CT molecular complexity index is 1370. The third-order valence-electron chi connectivity index (χ3n) is 5.65. The molecule has 3 rings (SSSR count). The van der Waals surface area contributed by atoms with E-state index in [0.717, 1.165) is 0 Å². The third-order valence-corrected chi connectivity index (χ3v) is 7.43. The van der Waals surface area contributed by atoms with Crippen LogP contribution in [0.2, 0.25) is 0 Å². The van der Waals surface area contributed by atoms with Crippen molar-refractivity contribution in [3.63, 3.8) is 0 Å². The maximum atomic E-state index is 13.1. The van der Waals surface area contributed by atoms with Crippen molar-refractivity contribution in [3.8, 4) is 11.1 Å². The largest absolute Gasteiger partial charge is 0.478 e. The number of hydrogen-bond donors (Lipinski definition) is 2. The Morgan fingerprint density at radius 1 is 0.944 bits per heavy atom. The van der Waals surface area contributed by atoms with Crippen LogP contribution in [-0.4, -0.2) is 37.6 Å². The first-order valence-electron chi connectivity index (χ1n) is 11.0. The highest BCUT2D eigenvalue weighted by molar-refractivity contribution is 7.91. The maximum Gasteiger partial charge on any atom is 0.471 e. The van der Waals surface area contributed by atoms with Gasteiger partial charge < -0.3 is 10.4 Å². The SMILES string of the molecule is CCc1c(C(=O)O)cccc1-c1ccc(S(=O)(=O)c2ccc(C[C@@H](C)NC(=O)C(F)(F)F)cc2)cc1. The lowest BCUT2D eigenvalue weighted by atomic mass is 9.94. The topological polar surface area (TPSA) is 101 Å². The van der Waals surface area contributed by atoms with Crippen LogP contribution in [-0.2, 0) is 27.5 Å². The van der Waals surface area contributed by atoms with E-state index in [1.807, 2.05) is 12.2 Å². The van der Waals surface area contributed by atoms with Crippen LogP contribution in [0.5, 0.6) is 0 Å². The lowest BCUT2D eigenvalue weighted by Crippen LogP contribution is -2.42. The summed E-state index contributed by atoms with van der Waals surface area (Å²) in [6, 6.07) is 16.0. The van der Waals surface area contributed by atoms with Crippen LogP contribution in [0.15, 0.2) is 76.5 Å². The molecule has 1 amide bonds. The first-order valence-corrected chi connectivity index (χ1v) is 12.5. The van der Waals surface area contributed by atoms with Crippen LogP contribution in [0.1, 0.15) is 35.3 Å². The number of amides is 1. The fourth-order valence-corrected chi connectivity index (χ4v) is 5.16. The van der Waals surface area contributed by atoms with Gasteiger partial charge in [0.15, 0.2) is 0 Å². The van der Waals surface area contributed by atoms with Gasteiger partial charge in [-0.15, -0.1) is 0 Å². The second kappa shape index (κ2) is 10.5. The zero-order valence-corrected chi connectivity index (χ0v) is 20.3. The van der Waals surface area contributed by atoms with Crippen LogP contribution < -0.4 is 5.32 Å². The van der Waals surface area contributed by atoms with Gasteiger partial charge in [-0.2, -0.15) is 13.2 Å². The first kappa shape index (κ1) is 26.9. The van der Waals surface area contributed by atoms with E-state index in [1.165, 1.54) is 49.4 Å². The number of carbonyl (C=O) groups is 2. The molecule has 6 nitrogen and oxygen atoms in total. The highest BCUT2D eigenvalue weighted by Gasteiger charge is 2.39. The molecule has 2 N–H and O–H groups in total. The second-order valence-corrected chi connectivity index (χ2v) is 10.2. The molecule has 0 saturated heterocycles. The van der Waals surface area contributed by atoms with Gasteiger partial charge in [-0.05, 0) is 72.4 Å². The zero-order chi connectivity index (χ0) is 26.7. The quantitative estimate of drug-likeness (QED) is 0.434.